The van der Waals surface area contributed by atoms with Gasteiger partial charge in [0.05, 0.1) is 4.92 Å². The Kier molecular flexibility index (Phi) is 6.35. The average molecular weight is 435 g/mol. The first-order valence-corrected chi connectivity index (χ1v) is 9.65. The molecule has 0 radical (unpaired) electrons. The Balaban J connectivity index is 1.85. The van der Waals surface area contributed by atoms with Crippen LogP contribution in [0.4, 0.5) is 5.69 Å². The lowest BCUT2D eigenvalue weighted by atomic mass is 10.1. The third-order valence-electron chi connectivity index (χ3n) is 3.74. The number of hydrogen-bond acceptors (Lipinski definition) is 7. The van der Waals surface area contributed by atoms with Crippen molar-refractivity contribution in [2.75, 3.05) is 0 Å². The molecule has 2 heterocycles. The molecule has 2 N–H and O–H groups in total. The number of aromatic nitrogens is 3. The molecule has 0 amide bonds. The first-order chi connectivity index (χ1) is 13.9. The maximum Gasteiger partial charge on any atom is 0.342 e. The molecule has 0 atom stereocenters. The van der Waals surface area contributed by atoms with Crippen LogP contribution < -0.4 is 0 Å². The molecular formula is C18H15ClN4O5S. The van der Waals surface area contributed by atoms with Crippen molar-refractivity contribution in [3.05, 3.63) is 62.0 Å². The van der Waals surface area contributed by atoms with Crippen molar-refractivity contribution in [3.8, 4) is 11.3 Å². The van der Waals surface area contributed by atoms with Crippen molar-refractivity contribution in [3.63, 3.8) is 0 Å². The third-order valence-corrected chi connectivity index (χ3v) is 4.93. The Morgan fingerprint density at radius 1 is 1.41 bits per heavy atom. The Bertz CT molecular complexity index is 1090. The highest BCUT2D eigenvalue weighted by Crippen LogP contribution is 2.32. The standard InChI is InChI=1S/C18H15ClN4O5S/c1-2-3-16-20-18(22-21-16)29-15(17(24)25)9-11-5-7-14(28-11)10-4-6-12(19)13(8-10)23(26)27/h4-9H,2-3H2,1H3,(H,24,25)(H,20,21,22)/b15-9-. The quantitative estimate of drug-likeness (QED) is 0.223. The van der Waals surface area contributed by atoms with Gasteiger partial charge in [0.2, 0.25) is 5.16 Å². The summed E-state index contributed by atoms with van der Waals surface area (Å²) in [6.45, 7) is 2.00. The number of nitro benzene ring substituents is 1. The van der Waals surface area contributed by atoms with E-state index in [1.807, 2.05) is 6.92 Å². The number of rotatable bonds is 8. The molecule has 0 saturated carbocycles. The molecule has 0 aliphatic carbocycles. The van der Waals surface area contributed by atoms with Crippen LogP contribution in [0.5, 0.6) is 0 Å². The molecule has 0 fully saturated rings. The highest BCUT2D eigenvalue weighted by Gasteiger charge is 2.17. The summed E-state index contributed by atoms with van der Waals surface area (Å²) in [6, 6.07) is 7.44. The second kappa shape index (κ2) is 8.93. The van der Waals surface area contributed by atoms with Crippen LogP contribution in [0.1, 0.15) is 24.9 Å². The monoisotopic (exact) mass is 434 g/mol. The van der Waals surface area contributed by atoms with Crippen molar-refractivity contribution in [2.45, 2.75) is 24.9 Å². The van der Waals surface area contributed by atoms with Gasteiger partial charge in [0.15, 0.2) is 0 Å². The molecule has 2 aromatic heterocycles. The normalized spacial score (nSPS) is 11.6. The molecule has 29 heavy (non-hydrogen) atoms. The van der Waals surface area contributed by atoms with Crippen molar-refractivity contribution < 1.29 is 19.2 Å². The fraction of sp³-hybridized carbons (Fsp3) is 0.167. The Morgan fingerprint density at radius 3 is 2.90 bits per heavy atom. The fourth-order valence-corrected chi connectivity index (χ4v) is 3.32. The summed E-state index contributed by atoms with van der Waals surface area (Å²) in [5.41, 5.74) is 0.204. The number of hydrogen-bond donors (Lipinski definition) is 2. The number of furan rings is 1. The molecule has 0 unspecified atom stereocenters. The third kappa shape index (κ3) is 5.04. The van der Waals surface area contributed by atoms with Gasteiger partial charge in [0.25, 0.3) is 5.69 Å². The van der Waals surface area contributed by atoms with Gasteiger partial charge in [0, 0.05) is 24.1 Å². The number of aromatic amines is 1. The molecule has 0 spiro atoms. The van der Waals surface area contributed by atoms with Crippen LogP contribution in [0.2, 0.25) is 5.02 Å². The van der Waals surface area contributed by atoms with E-state index in [9.17, 15) is 20.0 Å². The van der Waals surface area contributed by atoms with Gasteiger partial charge in [-0.1, -0.05) is 18.5 Å². The maximum atomic E-state index is 11.6. The first kappa shape index (κ1) is 20.6. The van der Waals surface area contributed by atoms with Gasteiger partial charge in [-0.25, -0.2) is 9.78 Å². The van der Waals surface area contributed by atoms with Gasteiger partial charge >= 0.3 is 5.97 Å². The van der Waals surface area contributed by atoms with Crippen molar-refractivity contribution >= 4 is 41.1 Å². The smallest absolute Gasteiger partial charge is 0.342 e. The number of nitro groups is 1. The molecule has 3 rings (SSSR count). The number of carbonyl (C=O) groups is 1. The van der Waals surface area contributed by atoms with E-state index < -0.39 is 10.9 Å². The van der Waals surface area contributed by atoms with Crippen molar-refractivity contribution in [1.82, 2.24) is 15.2 Å². The van der Waals surface area contributed by atoms with E-state index in [-0.39, 0.29) is 21.4 Å². The number of nitrogens with one attached hydrogen (secondary N) is 1. The Labute approximate surface area is 173 Å². The number of thioether (sulfide) groups is 1. The zero-order valence-corrected chi connectivity index (χ0v) is 16.7. The highest BCUT2D eigenvalue weighted by molar-refractivity contribution is 8.04. The Hall–Kier alpha value is -3.11. The van der Waals surface area contributed by atoms with Crippen LogP contribution in [-0.4, -0.2) is 31.2 Å². The second-order valence-corrected chi connectivity index (χ2v) is 7.27. The van der Waals surface area contributed by atoms with Gasteiger partial charge in [-0.05, 0) is 42.4 Å². The van der Waals surface area contributed by atoms with Gasteiger partial charge in [0.1, 0.15) is 27.3 Å². The number of nitrogens with zero attached hydrogens (tertiary/aromatic N) is 3. The summed E-state index contributed by atoms with van der Waals surface area (Å²) in [6.07, 6.45) is 2.95. The van der Waals surface area contributed by atoms with Crippen LogP contribution in [0.25, 0.3) is 17.4 Å². The number of aliphatic carboxylic acids is 1. The van der Waals surface area contributed by atoms with Gasteiger partial charge in [-0.15, -0.1) is 5.10 Å². The van der Waals surface area contributed by atoms with E-state index in [0.29, 0.717) is 28.7 Å². The summed E-state index contributed by atoms with van der Waals surface area (Å²) < 4.78 is 5.64. The molecule has 9 nitrogen and oxygen atoms in total. The molecule has 0 bridgehead atoms. The van der Waals surface area contributed by atoms with E-state index in [1.54, 1.807) is 18.2 Å². The number of halogens is 1. The molecular weight excluding hydrogens is 420 g/mol. The molecule has 0 aliphatic heterocycles. The summed E-state index contributed by atoms with van der Waals surface area (Å²) >= 11 is 6.71. The molecule has 150 valence electrons. The van der Waals surface area contributed by atoms with Crippen LogP contribution in [-0.2, 0) is 11.2 Å². The minimum absolute atomic E-state index is 0.0175. The number of aryl methyl sites for hydroxylation is 1. The summed E-state index contributed by atoms with van der Waals surface area (Å²) in [4.78, 5) is 26.3. The molecule has 0 saturated heterocycles. The Morgan fingerprint density at radius 2 is 2.21 bits per heavy atom. The van der Waals surface area contributed by atoms with E-state index >= 15 is 0 Å². The number of benzene rings is 1. The number of carboxylic acid groups (broad SMARTS) is 1. The van der Waals surface area contributed by atoms with E-state index in [0.717, 1.165) is 18.2 Å². The topological polar surface area (TPSA) is 135 Å². The van der Waals surface area contributed by atoms with Crippen LogP contribution in [0.15, 0.2) is 44.8 Å². The summed E-state index contributed by atoms with van der Waals surface area (Å²) in [5.74, 6) is 0.141. The van der Waals surface area contributed by atoms with Crippen molar-refractivity contribution in [2.24, 2.45) is 0 Å². The minimum atomic E-state index is -1.16. The van der Waals surface area contributed by atoms with Crippen LogP contribution in [0, 0.1) is 10.1 Å². The molecule has 1 aromatic carbocycles. The number of carboxylic acids is 1. The highest BCUT2D eigenvalue weighted by atomic mass is 35.5. The maximum absolute atomic E-state index is 11.6. The SMILES string of the molecule is CCCc1nc(S/C(=C\c2ccc(-c3ccc(Cl)c([N+](=O)[O-])c3)o2)C(=O)O)n[nH]1. The van der Waals surface area contributed by atoms with Crippen LogP contribution in [0.3, 0.4) is 0 Å². The first-order valence-electron chi connectivity index (χ1n) is 8.45. The van der Waals surface area contributed by atoms with E-state index in [1.165, 1.54) is 18.2 Å². The zero-order valence-electron chi connectivity index (χ0n) is 15.1. The summed E-state index contributed by atoms with van der Waals surface area (Å²) in [5, 5.41) is 27.6. The predicted molar refractivity (Wildman–Crippen MR) is 108 cm³/mol. The average Bonchev–Trinajstić information content (AvgIpc) is 3.31. The minimum Gasteiger partial charge on any atom is -0.477 e. The van der Waals surface area contributed by atoms with Crippen LogP contribution >= 0.6 is 23.4 Å². The van der Waals surface area contributed by atoms with Crippen molar-refractivity contribution in [1.29, 1.82) is 0 Å². The lowest BCUT2D eigenvalue weighted by Crippen LogP contribution is -1.97. The predicted octanol–water partition coefficient (Wildman–Crippen LogP) is 4.80. The molecule has 11 heteroatoms. The summed E-state index contributed by atoms with van der Waals surface area (Å²) in [7, 11) is 0. The zero-order chi connectivity index (χ0) is 21.0. The lowest BCUT2D eigenvalue weighted by Gasteiger charge is -2.00. The number of H-pyrrole nitrogens is 1. The second-order valence-electron chi connectivity index (χ2n) is 5.86. The van der Waals surface area contributed by atoms with Gasteiger partial charge in [-0.2, -0.15) is 0 Å². The van der Waals surface area contributed by atoms with Gasteiger partial charge in [-0.3, -0.25) is 15.2 Å². The lowest BCUT2D eigenvalue weighted by molar-refractivity contribution is -0.384. The largest absolute Gasteiger partial charge is 0.477 e. The van der Waals surface area contributed by atoms with E-state index in [2.05, 4.69) is 15.2 Å². The molecule has 0 aliphatic rings. The fourth-order valence-electron chi connectivity index (χ4n) is 2.43. The molecule has 3 aromatic rings. The van der Waals surface area contributed by atoms with E-state index in [4.69, 9.17) is 16.0 Å². The van der Waals surface area contributed by atoms with Gasteiger partial charge < -0.3 is 9.52 Å².